The van der Waals surface area contributed by atoms with Crippen molar-refractivity contribution >= 4 is 11.7 Å². The second kappa shape index (κ2) is 5.31. The van der Waals surface area contributed by atoms with Gasteiger partial charge in [0.1, 0.15) is 0 Å². The van der Waals surface area contributed by atoms with Crippen molar-refractivity contribution in [3.8, 4) is 0 Å². The lowest BCUT2D eigenvalue weighted by Crippen LogP contribution is -2.43. The van der Waals surface area contributed by atoms with Crippen molar-refractivity contribution in [2.24, 2.45) is 5.41 Å². The molecule has 0 N–H and O–H groups in total. The Morgan fingerprint density at radius 1 is 1.24 bits per heavy atom. The first kappa shape index (κ1) is 13.7. The number of allylic oxidation sites excluding steroid dienone is 1. The second-order valence-electron chi connectivity index (χ2n) is 5.03. The van der Waals surface area contributed by atoms with Crippen LogP contribution in [0.25, 0.3) is 0 Å². The van der Waals surface area contributed by atoms with Crippen molar-refractivity contribution in [2.45, 2.75) is 20.8 Å². The zero-order valence-corrected chi connectivity index (χ0v) is 10.5. The van der Waals surface area contributed by atoms with Gasteiger partial charge in [-0.05, 0) is 11.8 Å². The summed E-state index contributed by atoms with van der Waals surface area (Å²) in [5.41, 5.74) is -0.638. The molecule has 17 heavy (non-hydrogen) atoms. The van der Waals surface area contributed by atoms with Crippen molar-refractivity contribution in [3.05, 3.63) is 11.8 Å². The topological polar surface area (TPSA) is 69.7 Å². The molecule has 1 aliphatic rings. The van der Waals surface area contributed by atoms with Crippen molar-refractivity contribution in [2.75, 3.05) is 26.3 Å². The van der Waals surface area contributed by atoms with E-state index in [1.54, 1.807) is 20.8 Å². The fraction of sp³-hybridized carbons (Fsp3) is 0.667. The predicted octanol–water partition coefficient (Wildman–Crippen LogP) is -0.295. The van der Waals surface area contributed by atoms with Gasteiger partial charge in [-0.1, -0.05) is 20.8 Å². The first-order chi connectivity index (χ1) is 7.82. The van der Waals surface area contributed by atoms with Crippen molar-refractivity contribution in [1.29, 1.82) is 0 Å². The molecule has 1 fully saturated rings. The molecule has 96 valence electrons. The Morgan fingerprint density at radius 3 is 2.24 bits per heavy atom. The third-order valence-electron chi connectivity index (χ3n) is 2.51. The van der Waals surface area contributed by atoms with Crippen molar-refractivity contribution in [3.63, 3.8) is 0 Å². The molecule has 0 aliphatic carbocycles. The lowest BCUT2D eigenvalue weighted by molar-refractivity contribution is -0.301. The van der Waals surface area contributed by atoms with Crippen LogP contribution in [0.2, 0.25) is 0 Å². The molecule has 0 unspecified atom stereocenters. The number of ether oxygens (including phenoxy) is 1. The van der Waals surface area contributed by atoms with Gasteiger partial charge in [0.15, 0.2) is 5.78 Å². The summed E-state index contributed by atoms with van der Waals surface area (Å²) < 4.78 is 5.08. The zero-order valence-electron chi connectivity index (χ0n) is 10.5. The number of hydrogen-bond donors (Lipinski definition) is 0. The van der Waals surface area contributed by atoms with E-state index in [-0.39, 0.29) is 5.78 Å². The Labute approximate surface area is 101 Å². The largest absolute Gasteiger partial charge is 0.869 e. The van der Waals surface area contributed by atoms with Crippen LogP contribution in [0, 0.1) is 5.41 Å². The van der Waals surface area contributed by atoms with E-state index in [1.165, 1.54) is 4.90 Å². The summed E-state index contributed by atoms with van der Waals surface area (Å²) in [6.07, 6.45) is 0.901. The van der Waals surface area contributed by atoms with Crippen LogP contribution in [0.1, 0.15) is 20.8 Å². The predicted molar refractivity (Wildman–Crippen MR) is 59.9 cm³/mol. The first-order valence-electron chi connectivity index (χ1n) is 5.62. The Morgan fingerprint density at radius 2 is 1.76 bits per heavy atom. The highest BCUT2D eigenvalue weighted by Crippen LogP contribution is 2.15. The number of hydrogen-bond acceptors (Lipinski definition) is 4. The summed E-state index contributed by atoms with van der Waals surface area (Å²) in [4.78, 5) is 24.7. The Balaban J connectivity index is 2.68. The van der Waals surface area contributed by atoms with Crippen LogP contribution in [0.15, 0.2) is 11.8 Å². The Bertz CT molecular complexity index is 335. The lowest BCUT2D eigenvalue weighted by Gasteiger charge is -2.29. The minimum Gasteiger partial charge on any atom is -0.869 e. The summed E-state index contributed by atoms with van der Waals surface area (Å²) in [7, 11) is 0. The van der Waals surface area contributed by atoms with Gasteiger partial charge in [0.2, 0.25) is 5.91 Å². The van der Waals surface area contributed by atoms with E-state index in [0.29, 0.717) is 26.3 Å². The molecule has 1 saturated heterocycles. The maximum Gasteiger partial charge on any atom is 0.238 e. The lowest BCUT2D eigenvalue weighted by atomic mass is 9.90. The van der Waals surface area contributed by atoms with Crippen LogP contribution in [0.3, 0.4) is 0 Å². The smallest absolute Gasteiger partial charge is 0.238 e. The molecule has 1 rings (SSSR count). The molecule has 0 aromatic carbocycles. The summed E-state index contributed by atoms with van der Waals surface area (Å²) in [5.74, 6) is -1.69. The van der Waals surface area contributed by atoms with Gasteiger partial charge in [-0.15, -0.1) is 0 Å². The van der Waals surface area contributed by atoms with E-state index >= 15 is 0 Å². The van der Waals surface area contributed by atoms with Crippen LogP contribution >= 0.6 is 0 Å². The van der Waals surface area contributed by atoms with E-state index in [2.05, 4.69) is 0 Å². The summed E-state index contributed by atoms with van der Waals surface area (Å²) in [5, 5.41) is 11.6. The summed E-state index contributed by atoms with van der Waals surface area (Å²) in [6.45, 7) is 6.80. The molecule has 1 heterocycles. The van der Waals surface area contributed by atoms with E-state index in [9.17, 15) is 14.7 Å². The fourth-order valence-corrected chi connectivity index (χ4v) is 1.32. The molecule has 0 saturated carbocycles. The molecule has 5 heteroatoms. The van der Waals surface area contributed by atoms with Gasteiger partial charge in [-0.3, -0.25) is 9.59 Å². The third kappa shape index (κ3) is 3.85. The average Bonchev–Trinajstić information content (AvgIpc) is 2.27. The molecular weight excluding hydrogens is 222 g/mol. The average molecular weight is 240 g/mol. The zero-order chi connectivity index (χ0) is 13.1. The van der Waals surface area contributed by atoms with Gasteiger partial charge in [0.25, 0.3) is 0 Å². The molecule has 0 atom stereocenters. The number of carbonyl (C=O) groups excluding carboxylic acids is 2. The molecule has 0 aromatic rings. The van der Waals surface area contributed by atoms with Crippen molar-refractivity contribution in [1.82, 2.24) is 4.90 Å². The second-order valence-corrected chi connectivity index (χ2v) is 5.03. The van der Waals surface area contributed by atoms with Gasteiger partial charge < -0.3 is 14.7 Å². The molecule has 0 bridgehead atoms. The van der Waals surface area contributed by atoms with Crippen LogP contribution in [-0.2, 0) is 14.3 Å². The third-order valence-corrected chi connectivity index (χ3v) is 2.51. The van der Waals surface area contributed by atoms with E-state index < -0.39 is 17.1 Å². The molecule has 0 spiro atoms. The first-order valence-corrected chi connectivity index (χ1v) is 5.62. The molecule has 1 amide bonds. The van der Waals surface area contributed by atoms with Gasteiger partial charge in [0.05, 0.1) is 13.2 Å². The van der Waals surface area contributed by atoms with Gasteiger partial charge in [-0.25, -0.2) is 0 Å². The maximum absolute atomic E-state index is 11.7. The molecule has 0 aromatic heterocycles. The number of rotatable bonds is 2. The van der Waals surface area contributed by atoms with E-state index in [1.807, 2.05) is 0 Å². The molecular formula is C12H18NO4-. The summed E-state index contributed by atoms with van der Waals surface area (Å²) >= 11 is 0. The SMILES string of the molecule is CC(C)(C)C(=O)/C=C(\[O-])C(=O)N1CCOCC1. The number of amides is 1. The number of morpholine rings is 1. The Hall–Kier alpha value is -1.36. The summed E-state index contributed by atoms with van der Waals surface area (Å²) in [6, 6.07) is 0. The minimum atomic E-state index is -0.744. The molecule has 5 nitrogen and oxygen atoms in total. The van der Waals surface area contributed by atoms with Crippen LogP contribution in [-0.4, -0.2) is 42.9 Å². The Kier molecular flexibility index (Phi) is 4.28. The van der Waals surface area contributed by atoms with Crippen LogP contribution in [0.5, 0.6) is 0 Å². The number of ketones is 1. The number of carbonyl (C=O) groups is 2. The fourth-order valence-electron chi connectivity index (χ4n) is 1.32. The monoisotopic (exact) mass is 240 g/mol. The quantitative estimate of drug-likeness (QED) is 0.491. The van der Waals surface area contributed by atoms with Gasteiger partial charge in [-0.2, -0.15) is 0 Å². The normalized spacial score (nSPS) is 18.1. The van der Waals surface area contributed by atoms with Gasteiger partial charge in [0, 0.05) is 18.5 Å². The highest BCUT2D eigenvalue weighted by atomic mass is 16.5. The maximum atomic E-state index is 11.7. The van der Waals surface area contributed by atoms with E-state index in [0.717, 1.165) is 6.08 Å². The van der Waals surface area contributed by atoms with E-state index in [4.69, 9.17) is 4.74 Å². The highest BCUT2D eigenvalue weighted by molar-refractivity contribution is 6.01. The molecule has 1 aliphatic heterocycles. The standard InChI is InChI=1S/C12H19NO4/c1-12(2,3)10(15)8-9(14)11(16)13-4-6-17-7-5-13/h8,14H,4-7H2,1-3H3/p-1/b9-8-. The van der Waals surface area contributed by atoms with Crippen LogP contribution < -0.4 is 5.11 Å². The van der Waals surface area contributed by atoms with Crippen molar-refractivity contribution < 1.29 is 19.4 Å². The van der Waals surface area contributed by atoms with Gasteiger partial charge >= 0.3 is 0 Å². The molecule has 0 radical (unpaired) electrons. The minimum absolute atomic E-state index is 0.330. The van der Waals surface area contributed by atoms with Crippen LogP contribution in [0.4, 0.5) is 0 Å². The highest BCUT2D eigenvalue weighted by Gasteiger charge is 2.21. The number of nitrogens with zero attached hydrogens (tertiary/aromatic N) is 1.